The standard InChI is InChI=1S/C26H31F3N4O/c1-17-5-6-21(27)20-14-22(31-24(17)20)25(34)30-18-3-2-4-19(13-18)33-11-8-26(9-12-33)7-10-32(16-26)15-23(28)29/h2-6,13,22-23,31H,7-12,14-16H2,1H3,(H,30,34). The summed E-state index contributed by atoms with van der Waals surface area (Å²) in [5, 5.41) is 6.15. The van der Waals surface area contributed by atoms with Crippen LogP contribution in [0.5, 0.6) is 0 Å². The van der Waals surface area contributed by atoms with Gasteiger partial charge in [0.05, 0.1) is 6.54 Å². The maximum Gasteiger partial charge on any atom is 0.251 e. The van der Waals surface area contributed by atoms with Gasteiger partial charge in [-0.25, -0.2) is 13.2 Å². The van der Waals surface area contributed by atoms with Crippen molar-refractivity contribution in [2.24, 2.45) is 5.41 Å². The molecule has 1 spiro atoms. The third kappa shape index (κ3) is 4.60. The van der Waals surface area contributed by atoms with Crippen molar-refractivity contribution < 1.29 is 18.0 Å². The summed E-state index contributed by atoms with van der Waals surface area (Å²) in [6.07, 6.45) is 1.01. The molecule has 0 radical (unpaired) electrons. The number of fused-ring (bicyclic) bond motifs is 1. The zero-order chi connectivity index (χ0) is 23.9. The largest absolute Gasteiger partial charge is 0.373 e. The highest BCUT2D eigenvalue weighted by atomic mass is 19.3. The van der Waals surface area contributed by atoms with E-state index in [4.69, 9.17) is 0 Å². The molecule has 0 bridgehead atoms. The molecule has 2 aromatic rings. The Bertz CT molecular complexity index is 1040. The lowest BCUT2D eigenvalue weighted by atomic mass is 9.77. The lowest BCUT2D eigenvalue weighted by molar-refractivity contribution is -0.116. The van der Waals surface area contributed by atoms with Crippen LogP contribution in [0.15, 0.2) is 36.4 Å². The van der Waals surface area contributed by atoms with E-state index in [-0.39, 0.29) is 23.7 Å². The summed E-state index contributed by atoms with van der Waals surface area (Å²) in [5.41, 5.74) is 4.11. The number of hydrogen-bond acceptors (Lipinski definition) is 4. The van der Waals surface area contributed by atoms with Crippen LogP contribution in [-0.4, -0.2) is 56.0 Å². The molecule has 34 heavy (non-hydrogen) atoms. The van der Waals surface area contributed by atoms with Crippen molar-refractivity contribution in [2.75, 3.05) is 48.3 Å². The molecular weight excluding hydrogens is 441 g/mol. The van der Waals surface area contributed by atoms with Crippen LogP contribution in [0.4, 0.5) is 30.2 Å². The SMILES string of the molecule is Cc1ccc(F)c2c1NC(C(=O)Nc1cccc(N3CCC4(CCN(CC(F)F)C4)CC3)c1)C2. The summed E-state index contributed by atoms with van der Waals surface area (Å²) >= 11 is 0. The Labute approximate surface area is 198 Å². The topological polar surface area (TPSA) is 47.6 Å². The minimum atomic E-state index is -2.27. The van der Waals surface area contributed by atoms with E-state index in [1.54, 1.807) is 6.07 Å². The lowest BCUT2D eigenvalue weighted by Gasteiger charge is -2.40. The fourth-order valence-corrected chi connectivity index (χ4v) is 5.76. The number of alkyl halides is 2. The van der Waals surface area contributed by atoms with Gasteiger partial charge in [0.2, 0.25) is 5.91 Å². The number of carbonyl (C=O) groups excluding carboxylic acids is 1. The van der Waals surface area contributed by atoms with Crippen LogP contribution in [0.25, 0.3) is 0 Å². The van der Waals surface area contributed by atoms with Crippen molar-refractivity contribution in [3.8, 4) is 0 Å². The fraction of sp³-hybridized carbons (Fsp3) is 0.500. The molecule has 1 amide bonds. The average Bonchev–Trinajstić information content (AvgIpc) is 3.43. The molecular formula is C26H31F3N4O. The van der Waals surface area contributed by atoms with E-state index in [2.05, 4.69) is 15.5 Å². The van der Waals surface area contributed by atoms with Crippen LogP contribution in [0.3, 0.4) is 0 Å². The Balaban J connectivity index is 1.19. The summed E-state index contributed by atoms with van der Waals surface area (Å²) in [7, 11) is 0. The fourth-order valence-electron chi connectivity index (χ4n) is 5.76. The van der Waals surface area contributed by atoms with Gasteiger partial charge in [-0.05, 0) is 68.0 Å². The van der Waals surface area contributed by atoms with E-state index in [0.717, 1.165) is 62.4 Å². The first-order valence-electron chi connectivity index (χ1n) is 12.0. The number of nitrogens with one attached hydrogen (secondary N) is 2. The van der Waals surface area contributed by atoms with Gasteiger partial charge >= 0.3 is 0 Å². The van der Waals surface area contributed by atoms with E-state index in [1.165, 1.54) is 6.07 Å². The Kier molecular flexibility index (Phi) is 6.18. The molecule has 2 saturated heterocycles. The van der Waals surface area contributed by atoms with Crippen molar-refractivity contribution in [2.45, 2.75) is 45.1 Å². The molecule has 5 nitrogen and oxygen atoms in total. The summed E-state index contributed by atoms with van der Waals surface area (Å²) in [6.45, 7) is 5.04. The highest BCUT2D eigenvalue weighted by Gasteiger charge is 2.41. The number of benzene rings is 2. The minimum absolute atomic E-state index is 0.125. The molecule has 3 aliphatic rings. The van der Waals surface area contributed by atoms with Crippen LogP contribution < -0.4 is 15.5 Å². The number of carbonyl (C=O) groups is 1. The number of halogens is 3. The first-order chi connectivity index (χ1) is 16.3. The van der Waals surface area contributed by atoms with E-state index >= 15 is 0 Å². The Morgan fingerprint density at radius 1 is 1.18 bits per heavy atom. The monoisotopic (exact) mass is 472 g/mol. The summed E-state index contributed by atoms with van der Waals surface area (Å²) in [5.74, 6) is -0.470. The Hall–Kier alpha value is -2.74. The zero-order valence-corrected chi connectivity index (χ0v) is 19.4. The number of aryl methyl sites for hydroxylation is 1. The first kappa shape index (κ1) is 23.0. The van der Waals surface area contributed by atoms with E-state index in [9.17, 15) is 18.0 Å². The number of nitrogens with zero attached hydrogens (tertiary/aromatic N) is 2. The lowest BCUT2D eigenvalue weighted by Crippen LogP contribution is -2.42. The summed E-state index contributed by atoms with van der Waals surface area (Å²) < 4.78 is 39.7. The minimum Gasteiger partial charge on any atom is -0.373 e. The Morgan fingerprint density at radius 2 is 1.94 bits per heavy atom. The van der Waals surface area contributed by atoms with Gasteiger partial charge < -0.3 is 15.5 Å². The predicted molar refractivity (Wildman–Crippen MR) is 128 cm³/mol. The third-order valence-electron chi connectivity index (χ3n) is 7.72. The molecule has 0 aliphatic carbocycles. The van der Waals surface area contributed by atoms with Gasteiger partial charge in [0.25, 0.3) is 6.43 Å². The van der Waals surface area contributed by atoms with Crippen LogP contribution in [0.2, 0.25) is 0 Å². The van der Waals surface area contributed by atoms with Gasteiger partial charge in [-0.15, -0.1) is 0 Å². The first-order valence-corrected chi connectivity index (χ1v) is 12.0. The smallest absolute Gasteiger partial charge is 0.251 e. The van der Waals surface area contributed by atoms with Crippen molar-refractivity contribution in [1.82, 2.24) is 4.90 Å². The molecule has 1 atom stereocenters. The molecule has 0 saturated carbocycles. The van der Waals surface area contributed by atoms with Crippen molar-refractivity contribution in [3.63, 3.8) is 0 Å². The number of anilines is 3. The van der Waals surface area contributed by atoms with E-state index in [0.29, 0.717) is 17.7 Å². The third-order valence-corrected chi connectivity index (χ3v) is 7.72. The van der Waals surface area contributed by atoms with E-state index in [1.807, 2.05) is 36.1 Å². The number of piperidine rings is 1. The molecule has 5 rings (SSSR count). The molecule has 182 valence electrons. The second kappa shape index (κ2) is 9.13. The molecule has 1 unspecified atom stereocenters. The Morgan fingerprint density at radius 3 is 2.68 bits per heavy atom. The van der Waals surface area contributed by atoms with Crippen molar-refractivity contribution >= 4 is 23.0 Å². The van der Waals surface area contributed by atoms with Crippen LogP contribution in [0, 0.1) is 18.2 Å². The molecule has 2 N–H and O–H groups in total. The van der Waals surface area contributed by atoms with Crippen LogP contribution in [-0.2, 0) is 11.2 Å². The molecule has 3 aliphatic heterocycles. The second-order valence-electron chi connectivity index (χ2n) is 10.0. The predicted octanol–water partition coefficient (Wildman–Crippen LogP) is 4.67. The van der Waals surface area contributed by atoms with Crippen LogP contribution >= 0.6 is 0 Å². The van der Waals surface area contributed by atoms with Gasteiger partial charge in [-0.3, -0.25) is 9.69 Å². The number of amides is 1. The maximum atomic E-state index is 14.2. The van der Waals surface area contributed by atoms with Crippen molar-refractivity contribution in [3.05, 3.63) is 53.3 Å². The quantitative estimate of drug-likeness (QED) is 0.664. The number of likely N-dealkylation sites (tertiary alicyclic amines) is 1. The molecule has 0 aromatic heterocycles. The maximum absolute atomic E-state index is 14.2. The highest BCUT2D eigenvalue weighted by Crippen LogP contribution is 2.41. The summed E-state index contributed by atoms with van der Waals surface area (Å²) in [4.78, 5) is 17.1. The molecule has 3 heterocycles. The normalized spacial score (nSPS) is 21.7. The highest BCUT2D eigenvalue weighted by molar-refractivity contribution is 5.98. The molecule has 8 heteroatoms. The number of hydrogen-bond donors (Lipinski definition) is 2. The van der Waals surface area contributed by atoms with Gasteiger partial charge in [0.15, 0.2) is 0 Å². The van der Waals surface area contributed by atoms with Crippen LogP contribution in [0.1, 0.15) is 30.4 Å². The molecule has 2 fully saturated rings. The molecule has 2 aromatic carbocycles. The van der Waals surface area contributed by atoms with Gasteiger partial charge in [0, 0.05) is 48.7 Å². The summed E-state index contributed by atoms with van der Waals surface area (Å²) in [6, 6.07) is 10.5. The van der Waals surface area contributed by atoms with E-state index < -0.39 is 12.5 Å². The van der Waals surface area contributed by atoms with Crippen molar-refractivity contribution in [1.29, 1.82) is 0 Å². The average molecular weight is 473 g/mol. The zero-order valence-electron chi connectivity index (χ0n) is 19.4. The van der Waals surface area contributed by atoms with Gasteiger partial charge in [-0.2, -0.15) is 0 Å². The van der Waals surface area contributed by atoms with Gasteiger partial charge in [0.1, 0.15) is 11.9 Å². The second-order valence-corrected chi connectivity index (χ2v) is 10.0. The number of rotatable bonds is 5. The van der Waals surface area contributed by atoms with Gasteiger partial charge in [-0.1, -0.05) is 12.1 Å².